The normalized spacial score (nSPS) is 36.6. The highest BCUT2D eigenvalue weighted by atomic mass is 16.6. The highest BCUT2D eigenvalue weighted by molar-refractivity contribution is 5.81. The van der Waals surface area contributed by atoms with Gasteiger partial charge in [-0.2, -0.15) is 0 Å². The van der Waals surface area contributed by atoms with Crippen LogP contribution in [0.1, 0.15) is 97.6 Å². The Morgan fingerprint density at radius 3 is 2.51 bits per heavy atom. The Morgan fingerprint density at radius 1 is 1.16 bits per heavy atom. The molecule has 5 aliphatic carbocycles. The Bertz CT molecular complexity index is 1400. The van der Waals surface area contributed by atoms with E-state index in [9.17, 15) is 19.8 Å². The van der Waals surface area contributed by atoms with Crippen LogP contribution in [-0.4, -0.2) is 76.8 Å². The van der Waals surface area contributed by atoms with Gasteiger partial charge in [-0.3, -0.25) is 4.90 Å². The fourth-order valence-corrected chi connectivity index (χ4v) is 10.6. The van der Waals surface area contributed by atoms with Crippen molar-refractivity contribution in [1.29, 1.82) is 0 Å². The number of amides is 1. The molecule has 2 heterocycles. The summed E-state index contributed by atoms with van der Waals surface area (Å²) in [7, 11) is 1.78. The molecule has 3 N–H and O–H groups in total. The summed E-state index contributed by atoms with van der Waals surface area (Å²) in [5.74, 6) is 0.553. The number of benzene rings is 1. The smallest absolute Gasteiger partial charge is 0.413 e. The first kappa shape index (κ1) is 31.3. The van der Waals surface area contributed by atoms with Crippen molar-refractivity contribution in [2.45, 2.75) is 128 Å². The van der Waals surface area contributed by atoms with Crippen molar-refractivity contribution in [3.63, 3.8) is 0 Å². The van der Waals surface area contributed by atoms with Crippen LogP contribution in [-0.2, 0) is 21.4 Å². The standard InChI is InChI=1S/C36H52N2O7/c1-20(2)16-23(29(39)40)37-31(41)44-24-11-10-22-17-26-34-12-13-36(43-7,25(18-34)33(6,42)32(3,4)5)30-35(34,27(22)28(24)45-30)14-15-38(26)19-21-8-9-21/h10-11,20-21,23,25-26,30,42H,8-9,12-19H2,1-7H3,(H,37,41)(H,39,40)/t23-,25-,26-,30?,33-,34-,35+,36?/m1/s1. The van der Waals surface area contributed by atoms with Gasteiger partial charge in [0.05, 0.1) is 5.60 Å². The summed E-state index contributed by atoms with van der Waals surface area (Å²) in [5, 5.41) is 24.7. The van der Waals surface area contributed by atoms with E-state index >= 15 is 0 Å². The number of carboxylic acids is 1. The highest BCUT2D eigenvalue weighted by Crippen LogP contribution is 2.78. The number of ether oxygens (including phenoxy) is 3. The van der Waals surface area contributed by atoms with E-state index in [1.807, 2.05) is 26.8 Å². The number of nitrogens with one attached hydrogen (secondary N) is 1. The zero-order valence-corrected chi connectivity index (χ0v) is 28.1. The van der Waals surface area contributed by atoms with Crippen molar-refractivity contribution in [3.05, 3.63) is 23.3 Å². The van der Waals surface area contributed by atoms with Crippen LogP contribution in [0.3, 0.4) is 0 Å². The molecule has 7 aliphatic rings. The minimum Gasteiger partial charge on any atom is -0.482 e. The molecule has 4 saturated carbocycles. The molecule has 45 heavy (non-hydrogen) atoms. The molecule has 8 rings (SSSR count). The molecule has 2 aliphatic heterocycles. The molecule has 4 bridgehead atoms. The number of hydrogen-bond donors (Lipinski definition) is 3. The Morgan fingerprint density at radius 2 is 1.89 bits per heavy atom. The second kappa shape index (κ2) is 10.1. The lowest BCUT2D eigenvalue weighted by Gasteiger charge is -2.75. The lowest BCUT2D eigenvalue weighted by molar-refractivity contribution is -0.312. The number of methoxy groups -OCH3 is 1. The molecule has 2 spiro atoms. The van der Waals surface area contributed by atoms with Gasteiger partial charge in [-0.15, -0.1) is 0 Å². The maximum Gasteiger partial charge on any atom is 0.413 e. The van der Waals surface area contributed by atoms with Gasteiger partial charge in [-0.1, -0.05) is 40.7 Å². The van der Waals surface area contributed by atoms with Crippen molar-refractivity contribution >= 4 is 12.1 Å². The predicted octanol–water partition coefficient (Wildman–Crippen LogP) is 5.30. The first-order valence-electron chi connectivity index (χ1n) is 17.2. The maximum absolute atomic E-state index is 13.2. The van der Waals surface area contributed by atoms with Gasteiger partial charge in [-0.25, -0.2) is 9.59 Å². The summed E-state index contributed by atoms with van der Waals surface area (Å²) < 4.78 is 19.7. The van der Waals surface area contributed by atoms with Crippen LogP contribution in [0.2, 0.25) is 0 Å². The van der Waals surface area contributed by atoms with Crippen LogP contribution < -0.4 is 14.8 Å². The first-order chi connectivity index (χ1) is 21.1. The molecule has 1 aromatic carbocycles. The van der Waals surface area contributed by atoms with Gasteiger partial charge in [-0.05, 0) is 93.7 Å². The zero-order valence-electron chi connectivity index (χ0n) is 28.1. The van der Waals surface area contributed by atoms with Gasteiger partial charge >= 0.3 is 12.1 Å². The third-order valence-corrected chi connectivity index (χ3v) is 13.3. The van der Waals surface area contributed by atoms with Crippen LogP contribution in [0.5, 0.6) is 11.5 Å². The molecule has 1 aromatic rings. The molecule has 0 aromatic heterocycles. The van der Waals surface area contributed by atoms with Crippen molar-refractivity contribution in [1.82, 2.24) is 10.2 Å². The van der Waals surface area contributed by atoms with Gasteiger partial charge in [0.25, 0.3) is 0 Å². The van der Waals surface area contributed by atoms with E-state index in [1.165, 1.54) is 18.4 Å². The summed E-state index contributed by atoms with van der Waals surface area (Å²) in [4.78, 5) is 27.8. The number of carbonyl (C=O) groups is 2. The molecule has 9 nitrogen and oxygen atoms in total. The van der Waals surface area contributed by atoms with Crippen LogP contribution >= 0.6 is 0 Å². The number of hydrogen-bond acceptors (Lipinski definition) is 7. The van der Waals surface area contributed by atoms with E-state index in [0.29, 0.717) is 24.0 Å². The van der Waals surface area contributed by atoms with Gasteiger partial charge in [0, 0.05) is 42.0 Å². The molecular weight excluding hydrogens is 572 g/mol. The van der Waals surface area contributed by atoms with E-state index < -0.39 is 29.3 Å². The van der Waals surface area contributed by atoms with E-state index in [2.05, 4.69) is 37.1 Å². The third kappa shape index (κ3) is 4.21. The maximum atomic E-state index is 13.2. The SMILES string of the molecule is COC12CC[C@@]3(C[C@@H]1[C@@](C)(O)C(C)(C)C)[C@H]1Cc4ccc(OC(=O)N[C@H](CC(C)C)C(=O)O)c5c4[C@@]3(CCN1CC1CC1)C2O5. The van der Waals surface area contributed by atoms with E-state index in [1.54, 1.807) is 7.11 Å². The van der Waals surface area contributed by atoms with Crippen LogP contribution in [0.4, 0.5) is 4.79 Å². The van der Waals surface area contributed by atoms with Crippen LogP contribution in [0, 0.1) is 28.6 Å². The molecule has 8 atom stereocenters. The fraction of sp³-hybridized carbons (Fsp3) is 0.778. The number of carboxylic acid groups (broad SMARTS) is 1. The molecule has 1 saturated heterocycles. The van der Waals surface area contributed by atoms with Crippen molar-refractivity contribution in [3.8, 4) is 11.5 Å². The van der Waals surface area contributed by atoms with Crippen LogP contribution in [0.25, 0.3) is 0 Å². The van der Waals surface area contributed by atoms with Crippen molar-refractivity contribution < 1.29 is 34.0 Å². The summed E-state index contributed by atoms with van der Waals surface area (Å²) in [6.45, 7) is 14.3. The highest BCUT2D eigenvalue weighted by Gasteiger charge is 2.82. The lowest BCUT2D eigenvalue weighted by atomic mass is 9.33. The molecule has 0 radical (unpaired) electrons. The summed E-state index contributed by atoms with van der Waals surface area (Å²) in [6, 6.07) is 3.22. The van der Waals surface area contributed by atoms with Crippen LogP contribution in [0.15, 0.2) is 12.1 Å². The second-order valence-electron chi connectivity index (χ2n) is 16.8. The quantitative estimate of drug-likeness (QED) is 0.339. The van der Waals surface area contributed by atoms with Gasteiger partial charge in [0.2, 0.25) is 0 Å². The number of rotatable bonds is 9. The molecule has 2 unspecified atom stereocenters. The fourth-order valence-electron chi connectivity index (χ4n) is 10.6. The Hall–Kier alpha value is -2.36. The molecule has 1 amide bonds. The van der Waals surface area contributed by atoms with E-state index in [-0.39, 0.29) is 34.2 Å². The van der Waals surface area contributed by atoms with E-state index in [4.69, 9.17) is 14.2 Å². The molecular formula is C36H52N2O7. The number of nitrogens with zero attached hydrogens (tertiary/aromatic N) is 1. The number of aliphatic carboxylic acids is 1. The predicted molar refractivity (Wildman–Crippen MR) is 169 cm³/mol. The molecule has 9 heteroatoms. The summed E-state index contributed by atoms with van der Waals surface area (Å²) >= 11 is 0. The van der Waals surface area contributed by atoms with Gasteiger partial charge < -0.3 is 29.7 Å². The van der Waals surface area contributed by atoms with Gasteiger partial charge in [0.1, 0.15) is 17.7 Å². The Kier molecular flexibility index (Phi) is 6.99. The molecule has 248 valence electrons. The van der Waals surface area contributed by atoms with E-state index in [0.717, 1.165) is 56.7 Å². The Balaban J connectivity index is 1.34. The number of aliphatic hydroxyl groups is 1. The van der Waals surface area contributed by atoms with Crippen molar-refractivity contribution in [2.75, 3.05) is 20.2 Å². The number of likely N-dealkylation sites (tertiary alicyclic amines) is 1. The number of piperidine rings is 1. The zero-order chi connectivity index (χ0) is 32.3. The average Bonchev–Trinajstić information content (AvgIpc) is 3.70. The largest absolute Gasteiger partial charge is 0.482 e. The lowest BCUT2D eigenvalue weighted by Crippen LogP contribution is -2.83. The second-order valence-corrected chi connectivity index (χ2v) is 16.8. The minimum atomic E-state index is -1.08. The number of carbonyl (C=O) groups excluding carboxylic acids is 1. The summed E-state index contributed by atoms with van der Waals surface area (Å²) in [5.41, 5.74) is -0.160. The molecule has 5 fully saturated rings. The summed E-state index contributed by atoms with van der Waals surface area (Å²) in [6.07, 6.45) is 6.29. The first-order valence-corrected chi connectivity index (χ1v) is 17.2. The average molecular weight is 625 g/mol. The monoisotopic (exact) mass is 624 g/mol. The number of fused-ring (bicyclic) bond motifs is 2. The minimum absolute atomic E-state index is 0.0900. The third-order valence-electron chi connectivity index (χ3n) is 13.3. The van der Waals surface area contributed by atoms with Gasteiger partial charge in [0.15, 0.2) is 11.5 Å². The Labute approximate surface area is 267 Å². The topological polar surface area (TPSA) is 118 Å². The van der Waals surface area contributed by atoms with Crippen molar-refractivity contribution in [2.24, 2.45) is 28.6 Å².